The predicted molar refractivity (Wildman–Crippen MR) is 85.7 cm³/mol. The van der Waals surface area contributed by atoms with E-state index in [1.165, 1.54) is 0 Å². The summed E-state index contributed by atoms with van der Waals surface area (Å²) in [6.07, 6.45) is 3.37. The van der Waals surface area contributed by atoms with Gasteiger partial charge in [-0.2, -0.15) is 0 Å². The van der Waals surface area contributed by atoms with E-state index in [-0.39, 0.29) is 5.89 Å². The lowest BCUT2D eigenvalue weighted by Crippen LogP contribution is -2.02. The van der Waals surface area contributed by atoms with Crippen molar-refractivity contribution < 1.29 is 4.42 Å². The second-order valence-electron chi connectivity index (χ2n) is 4.36. The lowest BCUT2D eigenvalue weighted by atomic mass is 10.2. The second-order valence-corrected chi connectivity index (χ2v) is 5.18. The molecule has 1 heterocycles. The fraction of sp³-hybridized carbons (Fsp3) is 0. The molecule has 0 radical (unpaired) electrons. The number of para-hydroxylation sites is 1. The van der Waals surface area contributed by atoms with E-state index in [1.54, 1.807) is 42.5 Å². The quantitative estimate of drug-likeness (QED) is 0.690. The zero-order valence-electron chi connectivity index (χ0n) is 10.7. The van der Waals surface area contributed by atoms with Gasteiger partial charge in [-0.15, -0.1) is 0 Å². The third kappa shape index (κ3) is 2.99. The van der Waals surface area contributed by atoms with Crippen LogP contribution in [0.15, 0.2) is 51.7 Å². The summed E-state index contributed by atoms with van der Waals surface area (Å²) in [5, 5.41) is 1.42. The van der Waals surface area contributed by atoms with Crippen LogP contribution in [0, 0.1) is 0 Å². The summed E-state index contributed by atoms with van der Waals surface area (Å²) in [5.41, 5.74) is 1.03. The second kappa shape index (κ2) is 5.72. The minimum absolute atomic E-state index is 0.241. The smallest absolute Gasteiger partial charge is 0.347 e. The van der Waals surface area contributed by atoms with Gasteiger partial charge in [-0.25, -0.2) is 9.78 Å². The molecule has 0 saturated heterocycles. The number of hydrogen-bond acceptors (Lipinski definition) is 3. The first kappa shape index (κ1) is 13.9. The summed E-state index contributed by atoms with van der Waals surface area (Å²) in [7, 11) is 0. The summed E-state index contributed by atoms with van der Waals surface area (Å²) in [6.45, 7) is 0. The Bertz CT molecular complexity index is 900. The van der Waals surface area contributed by atoms with Gasteiger partial charge in [0.25, 0.3) is 0 Å². The van der Waals surface area contributed by atoms with Crippen LogP contribution in [0.25, 0.3) is 23.1 Å². The number of halogens is 2. The largest absolute Gasteiger partial charge is 0.404 e. The highest BCUT2D eigenvalue weighted by Gasteiger charge is 2.03. The van der Waals surface area contributed by atoms with E-state index in [1.807, 2.05) is 12.1 Å². The molecule has 1 aromatic heterocycles. The van der Waals surface area contributed by atoms with Crippen molar-refractivity contribution in [1.82, 2.24) is 4.98 Å². The van der Waals surface area contributed by atoms with Crippen LogP contribution in [0.2, 0.25) is 10.0 Å². The Labute approximate surface area is 130 Å². The van der Waals surface area contributed by atoms with Crippen molar-refractivity contribution in [2.45, 2.75) is 0 Å². The van der Waals surface area contributed by atoms with Crippen molar-refractivity contribution in [2.75, 3.05) is 0 Å². The Kier molecular flexibility index (Phi) is 3.78. The molecule has 0 N–H and O–H groups in total. The summed E-state index contributed by atoms with van der Waals surface area (Å²) in [5.74, 6) is 0.241. The zero-order valence-corrected chi connectivity index (χ0v) is 12.2. The van der Waals surface area contributed by atoms with E-state index in [2.05, 4.69) is 4.98 Å². The van der Waals surface area contributed by atoms with E-state index in [0.717, 1.165) is 5.56 Å². The summed E-state index contributed by atoms with van der Waals surface area (Å²) in [4.78, 5) is 16.1. The molecule has 5 heteroatoms. The van der Waals surface area contributed by atoms with Crippen molar-refractivity contribution in [2.24, 2.45) is 0 Å². The first-order chi connectivity index (χ1) is 10.1. The third-order valence-corrected chi connectivity index (χ3v) is 3.65. The van der Waals surface area contributed by atoms with E-state index in [4.69, 9.17) is 27.6 Å². The molecule has 3 aromatic rings. The Morgan fingerprint density at radius 2 is 1.81 bits per heavy atom. The van der Waals surface area contributed by atoms with Gasteiger partial charge < -0.3 is 4.42 Å². The first-order valence-electron chi connectivity index (χ1n) is 6.16. The SMILES string of the molecule is O=c1oc(/C=C/c2ccc(Cl)c(Cl)c2)nc2ccccc12. The Balaban J connectivity index is 1.99. The van der Waals surface area contributed by atoms with E-state index in [0.29, 0.717) is 20.9 Å². The molecular formula is C16H9Cl2NO2. The van der Waals surface area contributed by atoms with E-state index < -0.39 is 5.63 Å². The number of nitrogens with zero attached hydrogens (tertiary/aromatic N) is 1. The molecule has 0 saturated carbocycles. The number of benzene rings is 2. The average molecular weight is 318 g/mol. The molecule has 3 rings (SSSR count). The average Bonchev–Trinajstić information content (AvgIpc) is 2.49. The topological polar surface area (TPSA) is 43.1 Å². The lowest BCUT2D eigenvalue weighted by molar-refractivity contribution is 0.491. The van der Waals surface area contributed by atoms with Crippen LogP contribution in [-0.4, -0.2) is 4.98 Å². The number of fused-ring (bicyclic) bond motifs is 1. The Hall–Kier alpha value is -2.10. The molecule has 0 spiro atoms. The van der Waals surface area contributed by atoms with Crippen molar-refractivity contribution >= 4 is 46.3 Å². The molecule has 21 heavy (non-hydrogen) atoms. The van der Waals surface area contributed by atoms with Crippen LogP contribution in [0.5, 0.6) is 0 Å². The van der Waals surface area contributed by atoms with Crippen LogP contribution in [0.4, 0.5) is 0 Å². The molecule has 0 aliphatic carbocycles. The van der Waals surface area contributed by atoms with Crippen LogP contribution >= 0.6 is 23.2 Å². The Morgan fingerprint density at radius 1 is 1.00 bits per heavy atom. The minimum Gasteiger partial charge on any atom is -0.404 e. The number of aromatic nitrogens is 1. The molecule has 0 bridgehead atoms. The molecule has 0 atom stereocenters. The van der Waals surface area contributed by atoms with Crippen LogP contribution < -0.4 is 5.63 Å². The fourth-order valence-corrected chi connectivity index (χ4v) is 2.20. The van der Waals surface area contributed by atoms with Gasteiger partial charge in [-0.05, 0) is 35.9 Å². The third-order valence-electron chi connectivity index (χ3n) is 2.91. The van der Waals surface area contributed by atoms with Gasteiger partial charge in [0.15, 0.2) is 0 Å². The van der Waals surface area contributed by atoms with Gasteiger partial charge in [0.05, 0.1) is 20.9 Å². The maximum Gasteiger partial charge on any atom is 0.347 e. The fourth-order valence-electron chi connectivity index (χ4n) is 1.89. The molecule has 2 aromatic carbocycles. The van der Waals surface area contributed by atoms with Crippen molar-refractivity contribution in [3.63, 3.8) is 0 Å². The maximum atomic E-state index is 11.8. The van der Waals surface area contributed by atoms with Gasteiger partial charge in [0.1, 0.15) is 0 Å². The maximum absolute atomic E-state index is 11.8. The van der Waals surface area contributed by atoms with E-state index >= 15 is 0 Å². The monoisotopic (exact) mass is 317 g/mol. The molecule has 104 valence electrons. The zero-order chi connectivity index (χ0) is 14.8. The molecule has 0 amide bonds. The highest BCUT2D eigenvalue weighted by atomic mass is 35.5. The van der Waals surface area contributed by atoms with Crippen molar-refractivity contribution in [3.05, 3.63) is 74.4 Å². The summed E-state index contributed by atoms with van der Waals surface area (Å²) < 4.78 is 5.15. The molecule has 0 unspecified atom stereocenters. The molecule has 0 aliphatic rings. The normalized spacial score (nSPS) is 11.3. The van der Waals surface area contributed by atoms with Gasteiger partial charge in [0.2, 0.25) is 5.89 Å². The van der Waals surface area contributed by atoms with Crippen molar-refractivity contribution in [3.8, 4) is 0 Å². The Morgan fingerprint density at radius 3 is 2.62 bits per heavy atom. The minimum atomic E-state index is -0.408. The highest BCUT2D eigenvalue weighted by molar-refractivity contribution is 6.42. The van der Waals surface area contributed by atoms with Gasteiger partial charge in [0, 0.05) is 6.08 Å². The summed E-state index contributed by atoms with van der Waals surface area (Å²) >= 11 is 11.8. The molecule has 0 fully saturated rings. The van der Waals surface area contributed by atoms with Crippen LogP contribution in [-0.2, 0) is 0 Å². The van der Waals surface area contributed by atoms with E-state index in [9.17, 15) is 4.79 Å². The lowest BCUT2D eigenvalue weighted by Gasteiger charge is -1.98. The van der Waals surface area contributed by atoms with Crippen LogP contribution in [0.1, 0.15) is 11.5 Å². The van der Waals surface area contributed by atoms with Crippen molar-refractivity contribution in [1.29, 1.82) is 0 Å². The van der Waals surface area contributed by atoms with Gasteiger partial charge >= 0.3 is 5.63 Å². The predicted octanol–water partition coefficient (Wildman–Crippen LogP) is 4.67. The summed E-state index contributed by atoms with van der Waals surface area (Å²) in [6, 6.07) is 12.3. The van der Waals surface area contributed by atoms with Crippen LogP contribution in [0.3, 0.4) is 0 Å². The van der Waals surface area contributed by atoms with Gasteiger partial charge in [-0.3, -0.25) is 0 Å². The molecular weight excluding hydrogens is 309 g/mol. The molecule has 0 aliphatic heterocycles. The number of rotatable bonds is 2. The molecule has 3 nitrogen and oxygen atoms in total. The van der Waals surface area contributed by atoms with Gasteiger partial charge in [-0.1, -0.05) is 41.4 Å². The highest BCUT2D eigenvalue weighted by Crippen LogP contribution is 2.23. The first-order valence-corrected chi connectivity index (χ1v) is 6.92. The number of hydrogen-bond donors (Lipinski definition) is 0. The standard InChI is InChI=1S/C16H9Cl2NO2/c17-12-7-5-10(9-13(12)18)6-8-15-19-14-4-2-1-3-11(14)16(20)21-15/h1-9H/b8-6+.